The third-order valence-corrected chi connectivity index (χ3v) is 4.82. The number of thiazole rings is 1. The molecule has 0 aliphatic rings. The van der Waals surface area contributed by atoms with E-state index >= 15 is 0 Å². The van der Waals surface area contributed by atoms with Crippen LogP contribution in [0.25, 0.3) is 11.3 Å². The average Bonchev–Trinajstić information content (AvgIpc) is 3.07. The fourth-order valence-electron chi connectivity index (χ4n) is 2.55. The Hall–Kier alpha value is -3.39. The number of hydrogen-bond donors (Lipinski definition) is 2. The van der Waals surface area contributed by atoms with Gasteiger partial charge in [0, 0.05) is 25.1 Å². The van der Waals surface area contributed by atoms with E-state index < -0.39 is 11.7 Å². The van der Waals surface area contributed by atoms with E-state index in [1.165, 1.54) is 26.0 Å². The summed E-state index contributed by atoms with van der Waals surface area (Å²) >= 11 is 1.02. The summed E-state index contributed by atoms with van der Waals surface area (Å²) in [6, 6.07) is 12.8. The molecule has 0 unspecified atom stereocenters. The van der Waals surface area contributed by atoms with Crippen molar-refractivity contribution in [3.8, 4) is 11.3 Å². The number of nitrogens with zero attached hydrogens (tertiary/aromatic N) is 1. The van der Waals surface area contributed by atoms with Gasteiger partial charge in [0.05, 0.1) is 16.1 Å². The second kappa shape index (κ2) is 8.10. The van der Waals surface area contributed by atoms with Crippen LogP contribution in [0.2, 0.25) is 0 Å². The zero-order valence-corrected chi connectivity index (χ0v) is 15.9. The molecule has 0 aliphatic heterocycles. The van der Waals surface area contributed by atoms with Crippen LogP contribution in [0.1, 0.15) is 33.9 Å². The van der Waals surface area contributed by atoms with E-state index in [1.54, 1.807) is 0 Å². The maximum Gasteiger partial charge on any atom is 0.260 e. The largest absolute Gasteiger partial charge is 0.326 e. The molecule has 1 aromatic heterocycles. The Labute approximate surface area is 164 Å². The van der Waals surface area contributed by atoms with Crippen LogP contribution in [-0.4, -0.2) is 22.6 Å². The minimum absolute atomic E-state index is 0.179. The van der Waals surface area contributed by atoms with Gasteiger partial charge in [-0.3, -0.25) is 19.7 Å². The summed E-state index contributed by atoms with van der Waals surface area (Å²) in [4.78, 5) is 40.4. The van der Waals surface area contributed by atoms with Gasteiger partial charge in [-0.2, -0.15) is 0 Å². The van der Waals surface area contributed by atoms with Crippen LogP contribution >= 0.6 is 11.3 Å². The highest BCUT2D eigenvalue weighted by Gasteiger charge is 2.20. The standard InChI is InChI=1S/C20H16FN3O3S/c1-11(25)18-17(13-6-4-3-5-7-13)23-20(28-18)24-19(27)15-10-14(22-12(2)26)8-9-16(15)21/h3-10H,1-2H3,(H,22,26)(H,23,24,27). The summed E-state index contributed by atoms with van der Waals surface area (Å²) < 4.78 is 14.1. The van der Waals surface area contributed by atoms with Gasteiger partial charge in [-0.15, -0.1) is 0 Å². The Morgan fingerprint density at radius 2 is 1.71 bits per heavy atom. The Morgan fingerprint density at radius 1 is 1.00 bits per heavy atom. The highest BCUT2D eigenvalue weighted by atomic mass is 32.1. The first-order chi connectivity index (χ1) is 13.3. The number of rotatable bonds is 5. The van der Waals surface area contributed by atoms with Gasteiger partial charge in [0.2, 0.25) is 5.91 Å². The highest BCUT2D eigenvalue weighted by molar-refractivity contribution is 7.18. The molecule has 6 nitrogen and oxygen atoms in total. The molecule has 3 rings (SSSR count). The molecule has 0 radical (unpaired) electrons. The predicted molar refractivity (Wildman–Crippen MR) is 106 cm³/mol. The van der Waals surface area contributed by atoms with Gasteiger partial charge in [0.25, 0.3) is 5.91 Å². The summed E-state index contributed by atoms with van der Waals surface area (Å²) in [5.74, 6) is -1.99. The Bertz CT molecular complexity index is 1060. The van der Waals surface area contributed by atoms with Crippen molar-refractivity contribution in [1.29, 1.82) is 0 Å². The first-order valence-corrected chi connectivity index (χ1v) is 9.12. The van der Waals surface area contributed by atoms with Gasteiger partial charge in [-0.1, -0.05) is 41.7 Å². The summed E-state index contributed by atoms with van der Waals surface area (Å²) in [7, 11) is 0. The Balaban J connectivity index is 1.91. The van der Waals surface area contributed by atoms with Gasteiger partial charge >= 0.3 is 0 Å². The second-order valence-corrected chi connectivity index (χ2v) is 6.95. The van der Waals surface area contributed by atoms with E-state index in [0.29, 0.717) is 16.3 Å². The van der Waals surface area contributed by atoms with Crippen LogP contribution in [0.15, 0.2) is 48.5 Å². The predicted octanol–water partition coefficient (Wildman–Crippen LogP) is 4.36. The lowest BCUT2D eigenvalue weighted by Crippen LogP contribution is -2.15. The molecule has 0 saturated heterocycles. The quantitative estimate of drug-likeness (QED) is 0.626. The summed E-state index contributed by atoms with van der Waals surface area (Å²) in [6.07, 6.45) is 0. The van der Waals surface area contributed by atoms with Crippen molar-refractivity contribution in [3.05, 3.63) is 64.8 Å². The fraction of sp³-hybridized carbons (Fsp3) is 0.100. The van der Waals surface area contributed by atoms with Crippen molar-refractivity contribution in [2.24, 2.45) is 0 Å². The third kappa shape index (κ3) is 4.29. The molecule has 0 spiro atoms. The number of nitrogens with one attached hydrogen (secondary N) is 2. The summed E-state index contributed by atoms with van der Waals surface area (Å²) in [5, 5.41) is 5.21. The van der Waals surface area contributed by atoms with Gasteiger partial charge < -0.3 is 5.32 Å². The van der Waals surface area contributed by atoms with Crippen LogP contribution in [0.5, 0.6) is 0 Å². The van der Waals surface area contributed by atoms with Gasteiger partial charge in [-0.25, -0.2) is 9.37 Å². The molecule has 3 aromatic rings. The van der Waals surface area contributed by atoms with Crippen LogP contribution in [0.4, 0.5) is 15.2 Å². The normalized spacial score (nSPS) is 10.4. The molecule has 142 valence electrons. The van der Waals surface area contributed by atoms with Crippen LogP contribution in [0, 0.1) is 5.82 Å². The zero-order chi connectivity index (χ0) is 20.3. The third-order valence-electron chi connectivity index (χ3n) is 3.75. The Morgan fingerprint density at radius 3 is 2.36 bits per heavy atom. The first kappa shape index (κ1) is 19.4. The van der Waals surface area contributed by atoms with E-state index in [1.807, 2.05) is 30.3 Å². The topological polar surface area (TPSA) is 88.2 Å². The number of hydrogen-bond acceptors (Lipinski definition) is 5. The van der Waals surface area contributed by atoms with Gasteiger partial charge in [-0.05, 0) is 18.2 Å². The van der Waals surface area contributed by atoms with Crippen LogP contribution in [-0.2, 0) is 4.79 Å². The number of amides is 2. The number of anilines is 2. The van der Waals surface area contributed by atoms with Crippen molar-refractivity contribution < 1.29 is 18.8 Å². The fourth-order valence-corrected chi connectivity index (χ4v) is 3.43. The number of aromatic nitrogens is 1. The lowest BCUT2D eigenvalue weighted by atomic mass is 10.1. The molecule has 0 bridgehead atoms. The molecule has 0 aliphatic carbocycles. The van der Waals surface area contributed by atoms with Crippen molar-refractivity contribution in [1.82, 2.24) is 4.98 Å². The maximum atomic E-state index is 14.1. The van der Waals surface area contributed by atoms with Gasteiger partial charge in [0.15, 0.2) is 10.9 Å². The lowest BCUT2D eigenvalue weighted by Gasteiger charge is -2.07. The maximum absolute atomic E-state index is 14.1. The molecular weight excluding hydrogens is 381 g/mol. The number of Topliss-reactive ketones (excluding diaryl/α,β-unsaturated/α-hetero) is 1. The molecule has 2 N–H and O–H groups in total. The van der Waals surface area contributed by atoms with E-state index in [9.17, 15) is 18.8 Å². The molecule has 8 heteroatoms. The minimum Gasteiger partial charge on any atom is -0.326 e. The van der Waals surface area contributed by atoms with E-state index in [0.717, 1.165) is 23.0 Å². The van der Waals surface area contributed by atoms with E-state index in [2.05, 4.69) is 15.6 Å². The molecule has 1 heterocycles. The zero-order valence-electron chi connectivity index (χ0n) is 15.1. The SMILES string of the molecule is CC(=O)Nc1ccc(F)c(C(=O)Nc2nc(-c3ccccc3)c(C(C)=O)s2)c1. The van der Waals surface area contributed by atoms with E-state index in [4.69, 9.17) is 0 Å². The molecule has 0 fully saturated rings. The lowest BCUT2D eigenvalue weighted by molar-refractivity contribution is -0.114. The molecule has 2 amide bonds. The molecule has 0 saturated carbocycles. The smallest absolute Gasteiger partial charge is 0.260 e. The number of ketones is 1. The van der Waals surface area contributed by atoms with Crippen molar-refractivity contribution in [2.45, 2.75) is 13.8 Å². The summed E-state index contributed by atoms with van der Waals surface area (Å²) in [6.45, 7) is 2.73. The second-order valence-electron chi connectivity index (χ2n) is 5.95. The number of carbonyl (C=O) groups excluding carboxylic acids is 3. The molecule has 2 aromatic carbocycles. The number of carbonyl (C=O) groups is 3. The minimum atomic E-state index is -0.738. The average molecular weight is 397 g/mol. The number of halogens is 1. The first-order valence-electron chi connectivity index (χ1n) is 8.31. The van der Waals surface area contributed by atoms with Crippen LogP contribution in [0.3, 0.4) is 0 Å². The Kier molecular flexibility index (Phi) is 5.60. The summed E-state index contributed by atoms with van der Waals surface area (Å²) in [5.41, 5.74) is 1.25. The molecular formula is C20H16FN3O3S. The van der Waals surface area contributed by atoms with E-state index in [-0.39, 0.29) is 22.4 Å². The highest BCUT2D eigenvalue weighted by Crippen LogP contribution is 2.32. The molecule has 28 heavy (non-hydrogen) atoms. The van der Waals surface area contributed by atoms with Crippen molar-refractivity contribution >= 4 is 39.8 Å². The monoisotopic (exact) mass is 397 g/mol. The number of benzene rings is 2. The molecule has 0 atom stereocenters. The van der Waals surface area contributed by atoms with Gasteiger partial charge in [0.1, 0.15) is 5.82 Å². The van der Waals surface area contributed by atoms with Crippen molar-refractivity contribution in [3.63, 3.8) is 0 Å². The van der Waals surface area contributed by atoms with Crippen LogP contribution < -0.4 is 10.6 Å². The van der Waals surface area contributed by atoms with Crippen molar-refractivity contribution in [2.75, 3.05) is 10.6 Å².